The molecule has 0 radical (unpaired) electrons. The highest BCUT2D eigenvalue weighted by molar-refractivity contribution is 7.92. The summed E-state index contributed by atoms with van der Waals surface area (Å²) in [5, 5.41) is 18.6. The maximum Gasteiger partial charge on any atom is 0.407 e. The molecule has 2 aromatic carbocycles. The van der Waals surface area contributed by atoms with Crippen LogP contribution in [0.1, 0.15) is 38.7 Å². The van der Waals surface area contributed by atoms with Gasteiger partial charge >= 0.3 is 12.2 Å². The van der Waals surface area contributed by atoms with Crippen molar-refractivity contribution in [2.75, 3.05) is 40.2 Å². The minimum absolute atomic E-state index is 0.00175. The Balaban J connectivity index is 1.17. The van der Waals surface area contributed by atoms with Crippen LogP contribution in [0.2, 0.25) is 0 Å². The Bertz CT molecular complexity index is 1510. The van der Waals surface area contributed by atoms with Crippen molar-refractivity contribution in [1.82, 2.24) is 16.0 Å². The van der Waals surface area contributed by atoms with Gasteiger partial charge in [0.25, 0.3) is 0 Å². The number of methoxy groups -OCH3 is 1. The number of aliphatic hydroxyl groups excluding tert-OH is 1. The Hall–Kier alpha value is -3.63. The van der Waals surface area contributed by atoms with Gasteiger partial charge in [0.1, 0.15) is 11.5 Å². The largest absolute Gasteiger partial charge is 0.454 e. The Morgan fingerprint density at radius 2 is 1.81 bits per heavy atom. The van der Waals surface area contributed by atoms with Crippen LogP contribution in [0, 0.1) is 11.3 Å². The summed E-state index contributed by atoms with van der Waals surface area (Å²) in [6, 6.07) is 13.2. The normalized spacial score (nSPS) is 22.0. The van der Waals surface area contributed by atoms with Crippen LogP contribution >= 0.6 is 0 Å². The monoisotopic (exact) mass is 691 g/mol. The van der Waals surface area contributed by atoms with E-state index in [2.05, 4.69) is 16.0 Å². The maximum absolute atomic E-state index is 13.6. The summed E-state index contributed by atoms with van der Waals surface area (Å²) in [6.45, 7) is 5.28. The van der Waals surface area contributed by atoms with Crippen molar-refractivity contribution in [1.29, 1.82) is 0 Å². The van der Waals surface area contributed by atoms with E-state index in [9.17, 15) is 23.1 Å². The molecule has 0 aliphatic carbocycles. The van der Waals surface area contributed by atoms with E-state index in [4.69, 9.17) is 28.4 Å². The van der Waals surface area contributed by atoms with Gasteiger partial charge in [0.05, 0.1) is 43.3 Å². The van der Waals surface area contributed by atoms with Crippen molar-refractivity contribution < 1.29 is 51.5 Å². The number of ether oxygens (including phenoxy) is 6. The molecule has 0 aromatic heterocycles. The summed E-state index contributed by atoms with van der Waals surface area (Å²) >= 11 is 0. The minimum atomic E-state index is -4.03. The van der Waals surface area contributed by atoms with Crippen LogP contribution in [-0.4, -0.2) is 95.8 Å². The molecule has 14 nitrogen and oxygen atoms in total. The van der Waals surface area contributed by atoms with E-state index in [0.717, 1.165) is 12.0 Å². The van der Waals surface area contributed by atoms with Gasteiger partial charge < -0.3 is 49.5 Å². The van der Waals surface area contributed by atoms with Crippen LogP contribution in [0.5, 0.6) is 11.5 Å². The summed E-state index contributed by atoms with van der Waals surface area (Å²) in [5.41, 5.74) is 0.479. The summed E-state index contributed by atoms with van der Waals surface area (Å²) < 4.78 is 59.3. The molecule has 3 heterocycles. The van der Waals surface area contributed by atoms with Gasteiger partial charge in [-0.2, -0.15) is 0 Å². The molecule has 6 atom stereocenters. The van der Waals surface area contributed by atoms with E-state index in [0.29, 0.717) is 37.5 Å². The average Bonchev–Trinajstić information content (AvgIpc) is 3.81. The molecule has 3 aliphatic heterocycles. The quantitative estimate of drug-likeness (QED) is 0.215. The fraction of sp³-hybridized carbons (Fsp3) is 0.576. The predicted molar refractivity (Wildman–Crippen MR) is 172 cm³/mol. The van der Waals surface area contributed by atoms with Crippen LogP contribution in [0.25, 0.3) is 0 Å². The van der Waals surface area contributed by atoms with Crippen molar-refractivity contribution in [2.45, 2.75) is 74.3 Å². The lowest BCUT2D eigenvalue weighted by Crippen LogP contribution is -2.50. The number of hydrogen-bond donors (Lipinski definition) is 4. The van der Waals surface area contributed by atoms with Crippen molar-refractivity contribution in [3.8, 4) is 11.5 Å². The third-order valence-electron chi connectivity index (χ3n) is 8.86. The van der Waals surface area contributed by atoms with E-state index < -0.39 is 51.1 Å². The molecule has 0 spiro atoms. The second kappa shape index (κ2) is 15.7. The zero-order chi connectivity index (χ0) is 34.3. The molecule has 1 unspecified atom stereocenters. The number of carbonyl (C=O) groups is 2. The lowest BCUT2D eigenvalue weighted by atomic mass is 9.87. The number of carbonyl (C=O) groups excluding carboxylic acids is 2. The highest BCUT2D eigenvalue weighted by Gasteiger charge is 2.44. The van der Waals surface area contributed by atoms with E-state index in [1.807, 2.05) is 44.2 Å². The number of alkyl carbamates (subject to hydrolysis) is 2. The smallest absolute Gasteiger partial charge is 0.407 e. The molecule has 2 amide bonds. The zero-order valence-corrected chi connectivity index (χ0v) is 28.2. The number of nitrogens with one attached hydrogen (secondary N) is 3. The highest BCUT2D eigenvalue weighted by Crippen LogP contribution is 2.36. The Labute approximate surface area is 280 Å². The van der Waals surface area contributed by atoms with Gasteiger partial charge in [0, 0.05) is 19.2 Å². The first-order valence-corrected chi connectivity index (χ1v) is 17.6. The first-order chi connectivity index (χ1) is 22.9. The van der Waals surface area contributed by atoms with E-state index in [1.165, 1.54) is 25.3 Å². The van der Waals surface area contributed by atoms with Gasteiger partial charge in [0.15, 0.2) is 27.6 Å². The Morgan fingerprint density at radius 3 is 2.58 bits per heavy atom. The molecule has 5 rings (SSSR count). The first kappa shape index (κ1) is 35.7. The molecule has 4 N–H and O–H groups in total. The topological polar surface area (TPSA) is 180 Å². The van der Waals surface area contributed by atoms with Crippen LogP contribution in [0.3, 0.4) is 0 Å². The number of sulfone groups is 1. The van der Waals surface area contributed by atoms with Gasteiger partial charge in [-0.25, -0.2) is 18.0 Å². The average molecular weight is 692 g/mol. The van der Waals surface area contributed by atoms with Gasteiger partial charge in [-0.05, 0) is 48.8 Å². The van der Waals surface area contributed by atoms with Crippen molar-refractivity contribution >= 4 is 22.0 Å². The Kier molecular flexibility index (Phi) is 11.7. The fourth-order valence-electron chi connectivity index (χ4n) is 6.05. The number of hydrogen-bond acceptors (Lipinski definition) is 12. The van der Waals surface area contributed by atoms with Crippen LogP contribution in [0.15, 0.2) is 53.4 Å². The summed E-state index contributed by atoms with van der Waals surface area (Å²) in [4.78, 5) is 25.1. The third-order valence-corrected chi connectivity index (χ3v) is 10.9. The number of amides is 2. The van der Waals surface area contributed by atoms with Crippen molar-refractivity contribution in [3.05, 3.63) is 54.1 Å². The van der Waals surface area contributed by atoms with E-state index in [-0.39, 0.29) is 43.5 Å². The van der Waals surface area contributed by atoms with Crippen LogP contribution in [-0.2, 0) is 35.2 Å². The third kappa shape index (κ3) is 9.08. The molecular formula is C33H45N3O11S. The van der Waals surface area contributed by atoms with Gasteiger partial charge in [-0.1, -0.05) is 44.2 Å². The second-order valence-electron chi connectivity index (χ2n) is 13.0. The molecule has 0 saturated carbocycles. The molecule has 2 saturated heterocycles. The molecule has 15 heteroatoms. The van der Waals surface area contributed by atoms with Crippen LogP contribution < -0.4 is 25.4 Å². The number of rotatable bonds is 15. The second-order valence-corrected chi connectivity index (χ2v) is 15.1. The van der Waals surface area contributed by atoms with E-state index >= 15 is 0 Å². The summed E-state index contributed by atoms with van der Waals surface area (Å²) in [5.74, 6) is 0.750. The SMILES string of the molecule is COC(=O)NC(CCC(C)(C)CNC[C@H](O)[C@H](Cc1ccccc1)NC(=O)O[C@H]1CO[C@H]2OCC[C@H]21)S(=O)(=O)c1ccc2c(c1)OCO2. The molecule has 3 aliphatic rings. The minimum Gasteiger partial charge on any atom is -0.454 e. The highest BCUT2D eigenvalue weighted by atomic mass is 32.2. The number of aliphatic hydroxyl groups is 1. The standard InChI is InChI=1S/C33H45N3O11S/c1-33(2,13-11-29(36-31(38)42-3)48(40,41)22-9-10-26-27(16-22)46-20-45-26)19-34-17-25(37)24(15-21-7-5-4-6-8-21)35-32(39)47-28-18-44-30-23(28)12-14-43-30/h4-10,16,23-25,28-30,34,37H,11-15,17-20H2,1-3H3,(H,35,39)(H,36,38)/t23-,24-,25-,28-,29?,30+/m0/s1. The molecule has 0 bridgehead atoms. The molecule has 264 valence electrons. The number of benzene rings is 2. The van der Waals surface area contributed by atoms with E-state index in [1.54, 1.807) is 0 Å². The van der Waals surface area contributed by atoms with Gasteiger partial charge in [-0.15, -0.1) is 0 Å². The molecule has 2 fully saturated rings. The molecular weight excluding hydrogens is 646 g/mol. The fourth-order valence-corrected chi connectivity index (χ4v) is 7.58. The maximum atomic E-state index is 13.6. The van der Waals surface area contributed by atoms with Gasteiger partial charge in [-0.3, -0.25) is 0 Å². The van der Waals surface area contributed by atoms with Crippen molar-refractivity contribution in [2.24, 2.45) is 11.3 Å². The number of fused-ring (bicyclic) bond motifs is 2. The van der Waals surface area contributed by atoms with Crippen LogP contribution in [0.4, 0.5) is 9.59 Å². The van der Waals surface area contributed by atoms with Crippen molar-refractivity contribution in [3.63, 3.8) is 0 Å². The summed E-state index contributed by atoms with van der Waals surface area (Å²) in [7, 11) is -2.86. The Morgan fingerprint density at radius 1 is 1.04 bits per heavy atom. The summed E-state index contributed by atoms with van der Waals surface area (Å²) in [6.07, 6.45) is -1.64. The predicted octanol–water partition coefficient (Wildman–Crippen LogP) is 2.73. The lowest BCUT2D eigenvalue weighted by Gasteiger charge is -2.30. The first-order valence-electron chi connectivity index (χ1n) is 16.1. The molecule has 2 aromatic rings. The molecule has 48 heavy (non-hydrogen) atoms. The van der Waals surface area contributed by atoms with Gasteiger partial charge in [0.2, 0.25) is 6.79 Å². The zero-order valence-electron chi connectivity index (χ0n) is 27.4. The lowest BCUT2D eigenvalue weighted by molar-refractivity contribution is -0.0907.